The van der Waals surface area contributed by atoms with Crippen LogP contribution in [0, 0.1) is 0 Å². The third-order valence-electron chi connectivity index (χ3n) is 4.42. The predicted molar refractivity (Wildman–Crippen MR) is 82.1 cm³/mol. The van der Waals surface area contributed by atoms with Crippen LogP contribution in [-0.2, 0) is 0 Å². The molecule has 1 fully saturated rings. The normalized spacial score (nSPS) is 23.6. The molecule has 19 heavy (non-hydrogen) atoms. The maximum absolute atomic E-state index is 3.57. The highest BCUT2D eigenvalue weighted by molar-refractivity contribution is 5.85. The Labute approximate surface area is 120 Å². The molecule has 1 aliphatic carbocycles. The minimum atomic E-state index is 0. The van der Waals surface area contributed by atoms with Gasteiger partial charge in [-0.15, -0.1) is 12.4 Å². The summed E-state index contributed by atoms with van der Waals surface area (Å²) in [5.74, 6) is 1.46. The summed E-state index contributed by atoms with van der Waals surface area (Å²) < 4.78 is 0. The first-order valence-electron chi connectivity index (χ1n) is 6.82. The number of fused-ring (bicyclic) bond motifs is 5. The monoisotopic (exact) mass is 271 g/mol. The van der Waals surface area contributed by atoms with Crippen molar-refractivity contribution in [3.8, 4) is 11.1 Å². The molecule has 1 saturated heterocycles. The summed E-state index contributed by atoms with van der Waals surface area (Å²) >= 11 is 0. The van der Waals surface area contributed by atoms with Gasteiger partial charge < -0.3 is 5.32 Å². The molecule has 98 valence electrons. The lowest BCUT2D eigenvalue weighted by atomic mass is 9.91. The second-order valence-electron chi connectivity index (χ2n) is 5.46. The molecule has 4 rings (SSSR count). The molecule has 2 bridgehead atoms. The minimum Gasteiger partial charge on any atom is -0.316 e. The first kappa shape index (κ1) is 12.7. The lowest BCUT2D eigenvalue weighted by Crippen LogP contribution is -2.28. The average molecular weight is 272 g/mol. The van der Waals surface area contributed by atoms with Crippen molar-refractivity contribution in [1.82, 2.24) is 5.32 Å². The Bertz CT molecular complexity index is 579. The number of piperidine rings is 1. The fourth-order valence-corrected chi connectivity index (χ4v) is 3.66. The van der Waals surface area contributed by atoms with Crippen molar-refractivity contribution in [3.05, 3.63) is 59.7 Å². The van der Waals surface area contributed by atoms with Crippen molar-refractivity contribution in [2.24, 2.45) is 0 Å². The van der Waals surface area contributed by atoms with Gasteiger partial charge in [-0.1, -0.05) is 48.5 Å². The van der Waals surface area contributed by atoms with E-state index in [2.05, 4.69) is 53.8 Å². The summed E-state index contributed by atoms with van der Waals surface area (Å²) in [6.07, 6.45) is 1.34. The Balaban J connectivity index is 0.00000110. The summed E-state index contributed by atoms with van der Waals surface area (Å²) in [6, 6.07) is 17.7. The van der Waals surface area contributed by atoms with E-state index in [9.17, 15) is 0 Å². The molecule has 2 aromatic carbocycles. The highest BCUT2D eigenvalue weighted by Crippen LogP contribution is 2.47. The van der Waals surface area contributed by atoms with Crippen molar-refractivity contribution >= 4 is 12.4 Å². The van der Waals surface area contributed by atoms with Gasteiger partial charge in [0, 0.05) is 13.1 Å². The van der Waals surface area contributed by atoms with Crippen molar-refractivity contribution in [1.29, 1.82) is 0 Å². The highest BCUT2D eigenvalue weighted by atomic mass is 35.5. The minimum absolute atomic E-state index is 0. The zero-order chi connectivity index (χ0) is 11.9. The molecule has 0 saturated carbocycles. The molecule has 2 aromatic rings. The van der Waals surface area contributed by atoms with E-state index >= 15 is 0 Å². The first-order chi connectivity index (χ1) is 8.93. The van der Waals surface area contributed by atoms with Crippen LogP contribution in [0.5, 0.6) is 0 Å². The summed E-state index contributed by atoms with van der Waals surface area (Å²) in [6.45, 7) is 2.30. The summed E-state index contributed by atoms with van der Waals surface area (Å²) in [4.78, 5) is 0. The van der Waals surface area contributed by atoms with Gasteiger partial charge in [0.05, 0.1) is 0 Å². The van der Waals surface area contributed by atoms with Crippen molar-refractivity contribution in [2.75, 3.05) is 13.1 Å². The van der Waals surface area contributed by atoms with Crippen molar-refractivity contribution in [3.63, 3.8) is 0 Å². The van der Waals surface area contributed by atoms with Crippen LogP contribution in [0.15, 0.2) is 48.5 Å². The standard InChI is InChI=1S/C17H17N.ClH/c1-2-5-12(6-3-1)15-7-4-8-16-13-9-14(17(15)16)11-18-10-13;/h1-8,13-14,18H,9-11H2;1H. The van der Waals surface area contributed by atoms with E-state index in [0.29, 0.717) is 0 Å². The summed E-state index contributed by atoms with van der Waals surface area (Å²) in [7, 11) is 0. The smallest absolute Gasteiger partial charge is 0.00209 e. The average Bonchev–Trinajstić information content (AvgIpc) is 2.71. The molecule has 0 radical (unpaired) electrons. The van der Waals surface area contributed by atoms with Crippen LogP contribution in [0.2, 0.25) is 0 Å². The van der Waals surface area contributed by atoms with Gasteiger partial charge in [0.25, 0.3) is 0 Å². The van der Waals surface area contributed by atoms with Crippen molar-refractivity contribution < 1.29 is 0 Å². The molecule has 0 amide bonds. The number of nitrogens with one attached hydrogen (secondary N) is 1. The largest absolute Gasteiger partial charge is 0.316 e. The fraction of sp³-hybridized carbons (Fsp3) is 0.294. The number of halogens is 1. The van der Waals surface area contributed by atoms with Gasteiger partial charge >= 0.3 is 0 Å². The van der Waals surface area contributed by atoms with Crippen molar-refractivity contribution in [2.45, 2.75) is 18.3 Å². The number of benzene rings is 2. The SMILES string of the molecule is Cl.c1ccc(-c2cccc3c2C2CNCC3C2)cc1. The van der Waals surface area contributed by atoms with Gasteiger partial charge in [0.1, 0.15) is 0 Å². The van der Waals surface area contributed by atoms with Gasteiger partial charge in [0.15, 0.2) is 0 Å². The lowest BCUT2D eigenvalue weighted by Gasteiger charge is -2.20. The predicted octanol–water partition coefficient (Wildman–Crippen LogP) is 3.95. The Morgan fingerprint density at radius 3 is 2.47 bits per heavy atom. The molecule has 2 atom stereocenters. The van der Waals surface area contributed by atoms with Gasteiger partial charge in [-0.25, -0.2) is 0 Å². The molecule has 1 nitrogen and oxygen atoms in total. The zero-order valence-electron chi connectivity index (χ0n) is 10.8. The van der Waals surface area contributed by atoms with Crippen LogP contribution in [0.4, 0.5) is 0 Å². The first-order valence-corrected chi connectivity index (χ1v) is 6.82. The fourth-order valence-electron chi connectivity index (χ4n) is 3.66. The maximum Gasteiger partial charge on any atom is 0.00209 e. The van der Waals surface area contributed by atoms with Crippen LogP contribution >= 0.6 is 12.4 Å². The Kier molecular flexibility index (Phi) is 3.34. The number of rotatable bonds is 1. The quantitative estimate of drug-likeness (QED) is 0.828. The maximum atomic E-state index is 3.57. The van der Waals surface area contributed by atoms with E-state index in [4.69, 9.17) is 0 Å². The lowest BCUT2D eigenvalue weighted by molar-refractivity contribution is 0.454. The topological polar surface area (TPSA) is 12.0 Å². The zero-order valence-corrected chi connectivity index (χ0v) is 11.6. The Hall–Kier alpha value is -1.31. The third-order valence-corrected chi connectivity index (χ3v) is 4.42. The summed E-state index contributed by atoms with van der Waals surface area (Å²) in [5.41, 5.74) is 6.01. The van der Waals surface area contributed by atoms with Gasteiger partial charge in [0.2, 0.25) is 0 Å². The van der Waals surface area contributed by atoms with E-state index in [1.165, 1.54) is 17.5 Å². The van der Waals surface area contributed by atoms with Gasteiger partial charge in [-0.3, -0.25) is 0 Å². The van der Waals surface area contributed by atoms with Gasteiger partial charge in [-0.2, -0.15) is 0 Å². The molecular formula is C17H18ClN. The molecule has 1 aliphatic heterocycles. The Morgan fingerprint density at radius 1 is 0.842 bits per heavy atom. The molecule has 2 heteroatoms. The number of hydrogen-bond donors (Lipinski definition) is 1. The van der Waals surface area contributed by atoms with Gasteiger partial charge in [-0.05, 0) is 40.5 Å². The van der Waals surface area contributed by atoms with E-state index < -0.39 is 0 Å². The second-order valence-corrected chi connectivity index (χ2v) is 5.46. The van der Waals surface area contributed by atoms with E-state index in [1.54, 1.807) is 11.1 Å². The van der Waals surface area contributed by atoms with E-state index in [0.717, 1.165) is 24.9 Å². The molecule has 2 aliphatic rings. The molecule has 0 spiro atoms. The number of hydrogen-bond acceptors (Lipinski definition) is 1. The third kappa shape index (κ3) is 1.98. The molecule has 1 N–H and O–H groups in total. The van der Waals surface area contributed by atoms with Crippen LogP contribution in [-0.4, -0.2) is 13.1 Å². The van der Waals surface area contributed by atoms with E-state index in [-0.39, 0.29) is 12.4 Å². The molecular weight excluding hydrogens is 254 g/mol. The van der Waals surface area contributed by atoms with Crippen LogP contribution in [0.3, 0.4) is 0 Å². The highest BCUT2D eigenvalue weighted by Gasteiger charge is 2.35. The molecule has 1 heterocycles. The second kappa shape index (κ2) is 4.99. The van der Waals surface area contributed by atoms with Crippen LogP contribution in [0.25, 0.3) is 11.1 Å². The Morgan fingerprint density at radius 2 is 1.63 bits per heavy atom. The summed E-state index contributed by atoms with van der Waals surface area (Å²) in [5, 5.41) is 3.57. The molecule has 2 unspecified atom stereocenters. The van der Waals surface area contributed by atoms with Crippen LogP contribution < -0.4 is 5.32 Å². The van der Waals surface area contributed by atoms with E-state index in [1.807, 2.05) is 0 Å². The molecule has 0 aromatic heterocycles. The van der Waals surface area contributed by atoms with Crippen LogP contribution in [0.1, 0.15) is 29.4 Å².